The third-order valence-corrected chi connectivity index (χ3v) is 4.76. The minimum absolute atomic E-state index is 0.309. The standard InChI is InChI=1S/C12H22N2OS/c1-5-12(6-2)16(15)9-11-7-8-14(13-11)10(3)4/h7-8,10,12H,5-6,9H2,1-4H3/t16-/m1/s1. The Balaban J connectivity index is 2.62. The Morgan fingerprint density at radius 1 is 1.38 bits per heavy atom. The van der Waals surface area contributed by atoms with Crippen molar-refractivity contribution in [2.45, 2.75) is 57.6 Å². The minimum Gasteiger partial charge on any atom is -0.270 e. The Bertz CT molecular complexity index is 343. The molecule has 1 aromatic rings. The molecule has 0 unspecified atom stereocenters. The molecule has 16 heavy (non-hydrogen) atoms. The first-order chi connectivity index (χ1) is 7.58. The molecule has 0 spiro atoms. The maximum absolute atomic E-state index is 12.0. The van der Waals surface area contributed by atoms with Gasteiger partial charge in [0, 0.05) is 28.3 Å². The van der Waals surface area contributed by atoms with Crippen LogP contribution in [0.15, 0.2) is 12.3 Å². The highest BCUT2D eigenvalue weighted by Crippen LogP contribution is 2.12. The van der Waals surface area contributed by atoms with Gasteiger partial charge in [0.2, 0.25) is 0 Å². The van der Waals surface area contributed by atoms with E-state index >= 15 is 0 Å². The van der Waals surface area contributed by atoms with Crippen molar-refractivity contribution in [3.63, 3.8) is 0 Å². The van der Waals surface area contributed by atoms with Crippen LogP contribution >= 0.6 is 0 Å². The Morgan fingerprint density at radius 2 is 2.00 bits per heavy atom. The third kappa shape index (κ3) is 3.44. The van der Waals surface area contributed by atoms with Crippen molar-refractivity contribution in [3.05, 3.63) is 18.0 Å². The molecular formula is C12H22N2OS. The van der Waals surface area contributed by atoms with E-state index in [1.807, 2.05) is 16.9 Å². The van der Waals surface area contributed by atoms with Crippen molar-refractivity contribution in [3.8, 4) is 0 Å². The van der Waals surface area contributed by atoms with Crippen molar-refractivity contribution < 1.29 is 4.21 Å². The van der Waals surface area contributed by atoms with Gasteiger partial charge in [0.15, 0.2) is 0 Å². The highest BCUT2D eigenvalue weighted by molar-refractivity contribution is 7.84. The van der Waals surface area contributed by atoms with Gasteiger partial charge in [-0.15, -0.1) is 0 Å². The van der Waals surface area contributed by atoms with Crippen LogP contribution in [0.2, 0.25) is 0 Å². The van der Waals surface area contributed by atoms with Crippen molar-refractivity contribution in [1.29, 1.82) is 0 Å². The summed E-state index contributed by atoms with van der Waals surface area (Å²) in [6.07, 6.45) is 3.92. The average molecular weight is 242 g/mol. The van der Waals surface area contributed by atoms with Crippen LogP contribution in [-0.4, -0.2) is 19.2 Å². The molecule has 3 nitrogen and oxygen atoms in total. The fourth-order valence-electron chi connectivity index (χ4n) is 1.67. The summed E-state index contributed by atoms with van der Waals surface area (Å²) >= 11 is 0. The van der Waals surface area contributed by atoms with Crippen LogP contribution in [-0.2, 0) is 16.6 Å². The summed E-state index contributed by atoms with van der Waals surface area (Å²) in [4.78, 5) is 0. The molecule has 1 rings (SSSR count). The molecule has 0 amide bonds. The Morgan fingerprint density at radius 3 is 2.44 bits per heavy atom. The summed E-state index contributed by atoms with van der Waals surface area (Å²) in [5.41, 5.74) is 0.943. The molecule has 0 saturated carbocycles. The van der Waals surface area contributed by atoms with Crippen molar-refractivity contribution in [2.75, 3.05) is 0 Å². The summed E-state index contributed by atoms with van der Waals surface area (Å²) < 4.78 is 13.9. The van der Waals surface area contributed by atoms with Gasteiger partial charge in [0.25, 0.3) is 0 Å². The van der Waals surface area contributed by atoms with Crippen LogP contribution in [0.5, 0.6) is 0 Å². The second-order valence-electron chi connectivity index (χ2n) is 4.34. The molecule has 1 atom stereocenters. The van der Waals surface area contributed by atoms with E-state index in [1.165, 1.54) is 0 Å². The first-order valence-corrected chi connectivity index (χ1v) is 7.37. The summed E-state index contributed by atoms with van der Waals surface area (Å²) in [6, 6.07) is 2.34. The average Bonchev–Trinajstić information content (AvgIpc) is 2.68. The predicted molar refractivity (Wildman–Crippen MR) is 68.8 cm³/mol. The molecule has 0 fully saturated rings. The number of nitrogens with zero attached hydrogens (tertiary/aromatic N) is 2. The lowest BCUT2D eigenvalue weighted by Gasteiger charge is -2.10. The van der Waals surface area contributed by atoms with Gasteiger partial charge in [0.05, 0.1) is 11.4 Å². The molecular weight excluding hydrogens is 220 g/mol. The number of hydrogen-bond acceptors (Lipinski definition) is 2. The summed E-state index contributed by atoms with van der Waals surface area (Å²) in [7, 11) is -0.785. The molecule has 0 aliphatic heterocycles. The van der Waals surface area contributed by atoms with Crippen molar-refractivity contribution in [1.82, 2.24) is 9.78 Å². The zero-order chi connectivity index (χ0) is 12.1. The highest BCUT2D eigenvalue weighted by Gasteiger charge is 2.14. The maximum Gasteiger partial charge on any atom is 0.0749 e. The lowest BCUT2D eigenvalue weighted by Crippen LogP contribution is -2.15. The first kappa shape index (κ1) is 13.4. The third-order valence-electron chi connectivity index (χ3n) is 2.77. The quantitative estimate of drug-likeness (QED) is 0.769. The molecule has 0 radical (unpaired) electrons. The molecule has 0 saturated heterocycles. The van der Waals surface area contributed by atoms with Gasteiger partial charge in [0.1, 0.15) is 0 Å². The molecule has 4 heteroatoms. The summed E-state index contributed by atoms with van der Waals surface area (Å²) in [5, 5.41) is 4.73. The maximum atomic E-state index is 12.0. The van der Waals surface area contributed by atoms with E-state index in [2.05, 4.69) is 32.8 Å². The first-order valence-electron chi connectivity index (χ1n) is 5.99. The summed E-state index contributed by atoms with van der Waals surface area (Å²) in [6.45, 7) is 8.38. The lowest BCUT2D eigenvalue weighted by atomic mass is 10.3. The topological polar surface area (TPSA) is 34.9 Å². The fraction of sp³-hybridized carbons (Fsp3) is 0.750. The Kier molecular flexibility index (Phi) is 5.19. The van der Waals surface area contributed by atoms with Crippen LogP contribution in [0.1, 0.15) is 52.3 Å². The van der Waals surface area contributed by atoms with E-state index in [0.29, 0.717) is 17.0 Å². The fourth-order valence-corrected chi connectivity index (χ4v) is 3.09. The molecule has 1 heterocycles. The molecule has 0 N–H and O–H groups in total. The van der Waals surface area contributed by atoms with Crippen LogP contribution in [0.25, 0.3) is 0 Å². The SMILES string of the molecule is CCC(CC)[S@](=O)Cc1ccn(C(C)C)n1. The zero-order valence-corrected chi connectivity index (χ0v) is 11.5. The van der Waals surface area contributed by atoms with Crippen molar-refractivity contribution >= 4 is 10.8 Å². The van der Waals surface area contributed by atoms with Gasteiger partial charge in [-0.3, -0.25) is 8.89 Å². The van der Waals surface area contributed by atoms with E-state index in [1.54, 1.807) is 0 Å². The Hall–Kier alpha value is -0.640. The van der Waals surface area contributed by atoms with E-state index < -0.39 is 10.8 Å². The molecule has 1 aromatic heterocycles. The largest absolute Gasteiger partial charge is 0.270 e. The van der Waals surface area contributed by atoms with Gasteiger partial charge in [-0.1, -0.05) is 13.8 Å². The number of rotatable bonds is 6. The van der Waals surface area contributed by atoms with Gasteiger partial charge in [-0.05, 0) is 32.8 Å². The highest BCUT2D eigenvalue weighted by atomic mass is 32.2. The monoisotopic (exact) mass is 242 g/mol. The zero-order valence-electron chi connectivity index (χ0n) is 10.6. The van der Waals surface area contributed by atoms with Crippen LogP contribution in [0.3, 0.4) is 0 Å². The lowest BCUT2D eigenvalue weighted by molar-refractivity contribution is 0.528. The molecule has 0 bridgehead atoms. The predicted octanol–water partition coefficient (Wildman–Crippen LogP) is 2.90. The molecule has 0 aliphatic rings. The number of aromatic nitrogens is 2. The molecule has 92 valence electrons. The second-order valence-corrected chi connectivity index (χ2v) is 6.06. The van der Waals surface area contributed by atoms with Crippen molar-refractivity contribution in [2.24, 2.45) is 0 Å². The number of hydrogen-bond donors (Lipinski definition) is 0. The van der Waals surface area contributed by atoms with Crippen LogP contribution in [0, 0.1) is 0 Å². The van der Waals surface area contributed by atoms with Gasteiger partial charge < -0.3 is 0 Å². The summed E-state index contributed by atoms with van der Waals surface area (Å²) in [5.74, 6) is 0.589. The van der Waals surface area contributed by atoms with Crippen LogP contribution in [0.4, 0.5) is 0 Å². The molecule has 0 aliphatic carbocycles. The van der Waals surface area contributed by atoms with E-state index in [-0.39, 0.29) is 0 Å². The molecule has 0 aromatic carbocycles. The van der Waals surface area contributed by atoms with Crippen LogP contribution < -0.4 is 0 Å². The Labute approximate surface area is 101 Å². The minimum atomic E-state index is -0.785. The normalized spacial score (nSPS) is 13.6. The van der Waals surface area contributed by atoms with Gasteiger partial charge in [-0.2, -0.15) is 5.10 Å². The van der Waals surface area contributed by atoms with E-state index in [0.717, 1.165) is 18.5 Å². The van der Waals surface area contributed by atoms with E-state index in [9.17, 15) is 4.21 Å². The van der Waals surface area contributed by atoms with E-state index in [4.69, 9.17) is 0 Å². The van der Waals surface area contributed by atoms with Gasteiger partial charge >= 0.3 is 0 Å². The second kappa shape index (κ2) is 6.18. The van der Waals surface area contributed by atoms with Gasteiger partial charge in [-0.25, -0.2) is 0 Å². The smallest absolute Gasteiger partial charge is 0.0749 e.